The molecule has 78 valence electrons. The van der Waals surface area contributed by atoms with Crippen LogP contribution in [0.4, 0.5) is 0 Å². The number of carbonyl (C=O) groups excluding carboxylic acids is 1. The van der Waals surface area contributed by atoms with Gasteiger partial charge < -0.3 is 15.8 Å². The molecule has 0 aliphatic heterocycles. The van der Waals surface area contributed by atoms with Crippen molar-refractivity contribution in [3.8, 4) is 0 Å². The topological polar surface area (TPSA) is 64.3 Å². The van der Waals surface area contributed by atoms with E-state index in [0.29, 0.717) is 19.1 Å². The maximum atomic E-state index is 11.2. The number of rotatable bonds is 6. The predicted octanol–water partition coefficient (Wildman–Crippen LogP) is 0.122. The summed E-state index contributed by atoms with van der Waals surface area (Å²) in [6, 6.07) is 0.109. The van der Waals surface area contributed by atoms with Gasteiger partial charge >= 0.3 is 0 Å². The number of amides is 1. The SMILES string of the molecule is CCOCC(=O)NC(C)C(C)CN. The zero-order valence-corrected chi connectivity index (χ0v) is 8.67. The highest BCUT2D eigenvalue weighted by atomic mass is 16.5. The summed E-state index contributed by atoms with van der Waals surface area (Å²) in [5, 5.41) is 2.82. The largest absolute Gasteiger partial charge is 0.372 e. The second-order valence-corrected chi connectivity index (χ2v) is 3.21. The van der Waals surface area contributed by atoms with Crippen LogP contribution in [0.25, 0.3) is 0 Å². The van der Waals surface area contributed by atoms with Crippen molar-refractivity contribution < 1.29 is 9.53 Å². The summed E-state index contributed by atoms with van der Waals surface area (Å²) in [6.07, 6.45) is 0. The summed E-state index contributed by atoms with van der Waals surface area (Å²) in [4.78, 5) is 11.2. The lowest BCUT2D eigenvalue weighted by Crippen LogP contribution is -2.41. The van der Waals surface area contributed by atoms with Crippen LogP contribution in [0.5, 0.6) is 0 Å². The quantitative estimate of drug-likeness (QED) is 0.622. The predicted molar refractivity (Wildman–Crippen MR) is 52.3 cm³/mol. The van der Waals surface area contributed by atoms with Gasteiger partial charge in [-0.2, -0.15) is 0 Å². The van der Waals surface area contributed by atoms with Crippen molar-refractivity contribution in [1.82, 2.24) is 5.32 Å². The van der Waals surface area contributed by atoms with Gasteiger partial charge in [0.25, 0.3) is 0 Å². The summed E-state index contributed by atoms with van der Waals surface area (Å²) >= 11 is 0. The third-order valence-corrected chi connectivity index (χ3v) is 2.05. The number of hydrogen-bond donors (Lipinski definition) is 2. The molecule has 1 amide bonds. The molecule has 0 bridgehead atoms. The molecule has 0 aliphatic rings. The van der Waals surface area contributed by atoms with Crippen molar-refractivity contribution in [1.29, 1.82) is 0 Å². The van der Waals surface area contributed by atoms with Gasteiger partial charge in [-0.25, -0.2) is 0 Å². The average Bonchev–Trinajstić information content (AvgIpc) is 2.13. The molecular formula is C9H20N2O2. The van der Waals surface area contributed by atoms with Gasteiger partial charge in [0.05, 0.1) is 0 Å². The molecule has 2 atom stereocenters. The van der Waals surface area contributed by atoms with E-state index in [2.05, 4.69) is 5.32 Å². The first-order chi connectivity index (χ1) is 6.11. The van der Waals surface area contributed by atoms with Crippen molar-refractivity contribution >= 4 is 5.91 Å². The molecule has 0 saturated carbocycles. The summed E-state index contributed by atoms with van der Waals surface area (Å²) in [6.45, 7) is 7.09. The molecule has 13 heavy (non-hydrogen) atoms. The maximum absolute atomic E-state index is 11.2. The molecule has 4 heteroatoms. The number of ether oxygens (including phenoxy) is 1. The van der Waals surface area contributed by atoms with E-state index in [0.717, 1.165) is 0 Å². The van der Waals surface area contributed by atoms with Crippen molar-refractivity contribution in [2.45, 2.75) is 26.8 Å². The average molecular weight is 188 g/mol. The van der Waals surface area contributed by atoms with Crippen LogP contribution in [-0.4, -0.2) is 31.7 Å². The molecule has 0 aromatic carbocycles. The van der Waals surface area contributed by atoms with Crippen molar-refractivity contribution in [3.05, 3.63) is 0 Å². The normalized spacial score (nSPS) is 15.1. The molecule has 0 spiro atoms. The van der Waals surface area contributed by atoms with Gasteiger partial charge in [-0.15, -0.1) is 0 Å². The molecule has 0 aromatic heterocycles. The molecule has 0 radical (unpaired) electrons. The molecule has 0 aromatic rings. The van der Waals surface area contributed by atoms with E-state index in [1.54, 1.807) is 0 Å². The van der Waals surface area contributed by atoms with E-state index in [4.69, 9.17) is 10.5 Å². The molecule has 0 fully saturated rings. The third-order valence-electron chi connectivity index (χ3n) is 2.05. The Labute approximate surface area is 79.8 Å². The van der Waals surface area contributed by atoms with Crippen LogP contribution in [-0.2, 0) is 9.53 Å². The minimum Gasteiger partial charge on any atom is -0.372 e. The molecule has 0 aliphatic carbocycles. The van der Waals surface area contributed by atoms with Crippen LogP contribution in [0, 0.1) is 5.92 Å². The van der Waals surface area contributed by atoms with Crippen molar-refractivity contribution in [2.24, 2.45) is 11.7 Å². The van der Waals surface area contributed by atoms with Crippen LogP contribution in [0.3, 0.4) is 0 Å². The second kappa shape index (κ2) is 6.86. The summed E-state index contributed by atoms with van der Waals surface area (Å²) in [5.74, 6) is 0.222. The fourth-order valence-corrected chi connectivity index (χ4v) is 0.837. The zero-order chi connectivity index (χ0) is 10.3. The highest BCUT2D eigenvalue weighted by molar-refractivity contribution is 5.77. The molecule has 2 unspecified atom stereocenters. The summed E-state index contributed by atoms with van der Waals surface area (Å²) in [5.41, 5.74) is 5.47. The van der Waals surface area contributed by atoms with Crippen LogP contribution in [0.2, 0.25) is 0 Å². The Kier molecular flexibility index (Phi) is 6.54. The first kappa shape index (κ1) is 12.4. The number of nitrogens with two attached hydrogens (primary N) is 1. The minimum atomic E-state index is -0.0744. The second-order valence-electron chi connectivity index (χ2n) is 3.21. The van der Waals surface area contributed by atoms with Crippen LogP contribution < -0.4 is 11.1 Å². The first-order valence-corrected chi connectivity index (χ1v) is 4.69. The summed E-state index contributed by atoms with van der Waals surface area (Å²) < 4.78 is 4.97. The van der Waals surface area contributed by atoms with E-state index in [9.17, 15) is 4.79 Å². The number of carbonyl (C=O) groups is 1. The molecule has 0 saturated heterocycles. The van der Waals surface area contributed by atoms with Crippen LogP contribution in [0.1, 0.15) is 20.8 Å². The Hall–Kier alpha value is -0.610. The van der Waals surface area contributed by atoms with E-state index in [-0.39, 0.29) is 18.6 Å². The van der Waals surface area contributed by atoms with Gasteiger partial charge in [-0.05, 0) is 26.3 Å². The first-order valence-electron chi connectivity index (χ1n) is 4.69. The number of nitrogens with one attached hydrogen (secondary N) is 1. The molecule has 3 N–H and O–H groups in total. The van der Waals surface area contributed by atoms with E-state index >= 15 is 0 Å². The van der Waals surface area contributed by atoms with E-state index in [1.165, 1.54) is 0 Å². The fraction of sp³-hybridized carbons (Fsp3) is 0.889. The van der Waals surface area contributed by atoms with Gasteiger partial charge in [-0.1, -0.05) is 6.92 Å². The molecule has 4 nitrogen and oxygen atoms in total. The van der Waals surface area contributed by atoms with Gasteiger partial charge in [0.2, 0.25) is 5.91 Å². The Morgan fingerprint density at radius 1 is 1.54 bits per heavy atom. The minimum absolute atomic E-state index is 0.0744. The van der Waals surface area contributed by atoms with Crippen LogP contribution in [0.15, 0.2) is 0 Å². The zero-order valence-electron chi connectivity index (χ0n) is 8.67. The maximum Gasteiger partial charge on any atom is 0.246 e. The van der Waals surface area contributed by atoms with Gasteiger partial charge in [0.1, 0.15) is 6.61 Å². The monoisotopic (exact) mass is 188 g/mol. The van der Waals surface area contributed by atoms with Crippen molar-refractivity contribution in [3.63, 3.8) is 0 Å². The Morgan fingerprint density at radius 2 is 2.15 bits per heavy atom. The lowest BCUT2D eigenvalue weighted by molar-refractivity contribution is -0.126. The van der Waals surface area contributed by atoms with Gasteiger partial charge in [0.15, 0.2) is 0 Å². The van der Waals surface area contributed by atoms with Crippen LogP contribution >= 0.6 is 0 Å². The Balaban J connectivity index is 3.64. The number of hydrogen-bond acceptors (Lipinski definition) is 3. The smallest absolute Gasteiger partial charge is 0.246 e. The van der Waals surface area contributed by atoms with Gasteiger partial charge in [0, 0.05) is 12.6 Å². The van der Waals surface area contributed by atoms with Crippen molar-refractivity contribution in [2.75, 3.05) is 19.8 Å². The highest BCUT2D eigenvalue weighted by Gasteiger charge is 2.12. The Bertz CT molecular complexity index is 151. The third kappa shape index (κ3) is 5.60. The molecular weight excluding hydrogens is 168 g/mol. The molecule has 0 rings (SSSR count). The Morgan fingerprint density at radius 3 is 2.62 bits per heavy atom. The summed E-state index contributed by atoms with van der Waals surface area (Å²) in [7, 11) is 0. The lowest BCUT2D eigenvalue weighted by atomic mass is 10.0. The standard InChI is InChI=1S/C9H20N2O2/c1-4-13-6-9(12)11-8(3)7(2)5-10/h7-8H,4-6,10H2,1-3H3,(H,11,12). The van der Waals surface area contributed by atoms with E-state index < -0.39 is 0 Å². The van der Waals surface area contributed by atoms with Gasteiger partial charge in [-0.3, -0.25) is 4.79 Å². The lowest BCUT2D eigenvalue weighted by Gasteiger charge is -2.19. The molecule has 0 heterocycles. The van der Waals surface area contributed by atoms with E-state index in [1.807, 2.05) is 20.8 Å². The highest BCUT2D eigenvalue weighted by Crippen LogP contribution is 1.98. The fourth-order valence-electron chi connectivity index (χ4n) is 0.837.